The Hall–Kier alpha value is -6.20. The number of nitrogens with one attached hydrogen (secondary N) is 3. The molecule has 4 fully saturated rings. The number of hydrogen-bond donors (Lipinski definition) is 3. The first-order valence-corrected chi connectivity index (χ1v) is 21.7. The average molecular weight is 847 g/mol. The largest absolute Gasteiger partial charge is 0.420 e. The van der Waals surface area contributed by atoms with Crippen LogP contribution in [0, 0.1) is 11.7 Å². The van der Waals surface area contributed by atoms with Gasteiger partial charge in [-0.2, -0.15) is 0 Å². The number of piperidine rings is 2. The Morgan fingerprint density at radius 1 is 0.823 bits per heavy atom. The maximum absolute atomic E-state index is 15.0. The van der Waals surface area contributed by atoms with Gasteiger partial charge < -0.3 is 24.9 Å². The van der Waals surface area contributed by atoms with Crippen molar-refractivity contribution >= 4 is 40.5 Å². The van der Waals surface area contributed by atoms with Gasteiger partial charge in [-0.3, -0.25) is 38.5 Å². The minimum absolute atomic E-state index is 0.0544. The monoisotopic (exact) mass is 846 g/mol. The number of carbonyl (C=O) groups excluding carboxylic acids is 3. The third-order valence-corrected chi connectivity index (χ3v) is 12.8. The number of hydrogen-bond acceptors (Lipinski definition) is 12. The van der Waals surface area contributed by atoms with Gasteiger partial charge in [0.25, 0.3) is 5.56 Å². The van der Waals surface area contributed by atoms with Crippen molar-refractivity contribution in [2.75, 3.05) is 62.6 Å². The van der Waals surface area contributed by atoms with Crippen LogP contribution in [0.1, 0.15) is 57.4 Å². The molecule has 4 aliphatic rings. The zero-order chi connectivity index (χ0) is 42.7. The Kier molecular flexibility index (Phi) is 12.0. The number of aromatic nitrogens is 4. The number of anilines is 2. The van der Waals surface area contributed by atoms with E-state index < -0.39 is 23.5 Å². The third-order valence-electron chi connectivity index (χ3n) is 12.8. The van der Waals surface area contributed by atoms with Gasteiger partial charge >= 0.3 is 5.76 Å². The van der Waals surface area contributed by atoms with Crippen LogP contribution in [0.5, 0.6) is 0 Å². The van der Waals surface area contributed by atoms with Crippen molar-refractivity contribution in [1.29, 1.82) is 0 Å². The first-order chi connectivity index (χ1) is 30.1. The van der Waals surface area contributed by atoms with Gasteiger partial charge in [-0.1, -0.05) is 18.2 Å². The van der Waals surface area contributed by atoms with Crippen molar-refractivity contribution in [3.8, 4) is 16.9 Å². The number of oxazole rings is 1. The summed E-state index contributed by atoms with van der Waals surface area (Å²) >= 11 is 0. The number of carbonyl (C=O) groups is 3. The van der Waals surface area contributed by atoms with Crippen LogP contribution < -0.4 is 32.2 Å². The summed E-state index contributed by atoms with van der Waals surface area (Å²) in [4.78, 5) is 78.1. The highest BCUT2D eigenvalue weighted by Gasteiger charge is 2.32. The maximum Gasteiger partial charge on any atom is 0.420 e. The lowest BCUT2D eigenvalue weighted by molar-refractivity contribution is -0.135. The molecule has 17 heteroatoms. The van der Waals surface area contributed by atoms with Gasteiger partial charge in [0.1, 0.15) is 11.7 Å². The van der Waals surface area contributed by atoms with E-state index in [0.29, 0.717) is 40.8 Å². The topological polar surface area (TPSA) is 180 Å². The Labute approximate surface area is 357 Å². The summed E-state index contributed by atoms with van der Waals surface area (Å²) in [5.41, 5.74) is 3.10. The summed E-state index contributed by atoms with van der Waals surface area (Å²) in [6, 6.07) is 17.1. The second kappa shape index (κ2) is 18.0. The maximum atomic E-state index is 15.0. The number of benzene rings is 2. The highest BCUT2D eigenvalue weighted by atomic mass is 19.1. The summed E-state index contributed by atoms with van der Waals surface area (Å²) in [5.74, 6) is -0.989. The van der Waals surface area contributed by atoms with Gasteiger partial charge in [-0.15, -0.1) is 0 Å². The van der Waals surface area contributed by atoms with Crippen molar-refractivity contribution in [3.05, 3.63) is 99.8 Å². The van der Waals surface area contributed by atoms with Crippen LogP contribution >= 0.6 is 0 Å². The lowest BCUT2D eigenvalue weighted by Gasteiger charge is -2.39. The molecular weight excluding hydrogens is 796 g/mol. The highest BCUT2D eigenvalue weighted by molar-refractivity contribution is 6.00. The van der Waals surface area contributed by atoms with Crippen molar-refractivity contribution in [1.82, 2.24) is 39.5 Å². The van der Waals surface area contributed by atoms with E-state index >= 15 is 0 Å². The standard InChI is InChI=1S/C45H51FN10O6/c46-35-26-47-44(51-42(35)30-4-3-5-34(24-30)55-17-2-1-6-41(55)59)49-32-9-7-31(8-10-32)48-40(58)28-53-22-20-52(21-23-53)27-29-15-18-54(19-16-29)33-11-12-36-38(25-33)62-45(61)56(36)37-13-14-39(57)50-43(37)60/h1-6,11-12,17,24-26,29,31-32,37H,7-10,13-16,18-23,27-28H2,(H,48,58)(H,47,49,51)(H,50,57,60). The molecule has 3 saturated heterocycles. The summed E-state index contributed by atoms with van der Waals surface area (Å²) in [7, 11) is 0. The first-order valence-electron chi connectivity index (χ1n) is 21.7. The van der Waals surface area contributed by atoms with Crippen molar-refractivity contribution in [2.24, 2.45) is 5.92 Å². The van der Waals surface area contributed by atoms with Crippen molar-refractivity contribution in [3.63, 3.8) is 0 Å². The molecule has 3 aliphatic heterocycles. The van der Waals surface area contributed by atoms with E-state index in [9.17, 15) is 28.4 Å². The van der Waals surface area contributed by atoms with Gasteiger partial charge in [0.15, 0.2) is 11.4 Å². The van der Waals surface area contributed by atoms with E-state index in [1.807, 2.05) is 18.2 Å². The van der Waals surface area contributed by atoms with Gasteiger partial charge in [-0.25, -0.2) is 19.2 Å². The number of fused-ring (bicyclic) bond motifs is 1. The number of piperazine rings is 1. The zero-order valence-corrected chi connectivity index (χ0v) is 34.5. The molecular formula is C45H51FN10O6. The van der Waals surface area contributed by atoms with E-state index in [-0.39, 0.29) is 48.0 Å². The molecule has 62 heavy (non-hydrogen) atoms. The number of amides is 3. The molecule has 3 N–H and O–H groups in total. The van der Waals surface area contributed by atoms with Crippen LogP contribution in [-0.4, -0.2) is 111 Å². The molecule has 1 unspecified atom stereocenters. The number of nitrogens with zero attached hydrogens (tertiary/aromatic N) is 7. The second-order valence-electron chi connectivity index (χ2n) is 17.0. The Morgan fingerprint density at radius 2 is 1.60 bits per heavy atom. The van der Waals surface area contributed by atoms with E-state index in [2.05, 4.69) is 40.6 Å². The summed E-state index contributed by atoms with van der Waals surface area (Å²) in [5, 5.41) is 8.95. The van der Waals surface area contributed by atoms with Crippen LogP contribution in [0.2, 0.25) is 0 Å². The lowest BCUT2D eigenvalue weighted by atomic mass is 9.91. The van der Waals surface area contributed by atoms with Gasteiger partial charge in [0, 0.05) is 99.6 Å². The minimum atomic E-state index is -0.764. The van der Waals surface area contributed by atoms with Crippen LogP contribution in [0.4, 0.5) is 16.0 Å². The van der Waals surface area contributed by atoms with E-state index in [1.165, 1.54) is 21.4 Å². The fourth-order valence-corrected chi connectivity index (χ4v) is 9.44. The quantitative estimate of drug-likeness (QED) is 0.165. The normalized spacial score (nSPS) is 21.8. The predicted octanol–water partition coefficient (Wildman–Crippen LogP) is 3.69. The Balaban J connectivity index is 0.686. The molecule has 6 heterocycles. The molecule has 16 nitrogen and oxygen atoms in total. The molecule has 324 valence electrons. The Morgan fingerprint density at radius 3 is 2.37 bits per heavy atom. The summed E-state index contributed by atoms with van der Waals surface area (Å²) in [6.07, 6.45) is 8.66. The molecule has 3 amide bonds. The Bertz CT molecular complexity index is 2570. The molecule has 1 atom stereocenters. The molecule has 2 aromatic carbocycles. The molecule has 5 aromatic rings. The molecule has 1 saturated carbocycles. The van der Waals surface area contributed by atoms with E-state index in [0.717, 1.165) is 90.0 Å². The van der Waals surface area contributed by atoms with E-state index in [1.54, 1.807) is 42.6 Å². The van der Waals surface area contributed by atoms with E-state index in [4.69, 9.17) is 4.42 Å². The lowest BCUT2D eigenvalue weighted by Crippen LogP contribution is -2.52. The predicted molar refractivity (Wildman–Crippen MR) is 231 cm³/mol. The number of rotatable bonds is 11. The number of halogens is 1. The molecule has 9 rings (SSSR count). The summed E-state index contributed by atoms with van der Waals surface area (Å²) < 4.78 is 23.4. The highest BCUT2D eigenvalue weighted by Crippen LogP contribution is 2.30. The molecule has 3 aromatic heterocycles. The molecule has 0 bridgehead atoms. The van der Waals surface area contributed by atoms with Gasteiger partial charge in [-0.05, 0) is 81.2 Å². The zero-order valence-electron chi connectivity index (χ0n) is 34.5. The third kappa shape index (κ3) is 9.18. The average Bonchev–Trinajstić information content (AvgIpc) is 3.60. The van der Waals surface area contributed by atoms with Crippen LogP contribution in [-0.2, 0) is 14.4 Å². The second-order valence-corrected chi connectivity index (χ2v) is 17.0. The summed E-state index contributed by atoms with van der Waals surface area (Å²) in [6.45, 7) is 6.75. The minimum Gasteiger partial charge on any atom is -0.408 e. The van der Waals surface area contributed by atoms with Gasteiger partial charge in [0.05, 0.1) is 18.3 Å². The fourth-order valence-electron chi connectivity index (χ4n) is 9.44. The fraction of sp³-hybridized carbons (Fsp3) is 0.444. The van der Waals surface area contributed by atoms with Crippen molar-refractivity contribution < 1.29 is 23.2 Å². The number of imide groups is 1. The van der Waals surface area contributed by atoms with Gasteiger partial charge in [0.2, 0.25) is 23.7 Å². The van der Waals surface area contributed by atoms with Crippen LogP contribution in [0.15, 0.2) is 87.1 Å². The van der Waals surface area contributed by atoms with Crippen LogP contribution in [0.3, 0.4) is 0 Å². The molecule has 1 aliphatic carbocycles. The number of pyridine rings is 1. The van der Waals surface area contributed by atoms with Crippen LogP contribution in [0.25, 0.3) is 28.0 Å². The SMILES string of the molecule is O=C1CCC(n2c(=O)oc3cc(N4CCC(CN5CCN(CC(=O)NC6CCC(Nc7ncc(F)c(-c8cccc(-n9ccccc9=O)c8)n7)CC6)CC5)CC4)ccc32)C(=O)N1. The molecule has 0 radical (unpaired) electrons. The smallest absolute Gasteiger partial charge is 0.408 e. The molecule has 0 spiro atoms. The van der Waals surface area contributed by atoms with Crippen molar-refractivity contribution in [2.45, 2.75) is 69.5 Å². The first kappa shape index (κ1) is 41.2.